The number of hydrogen-bond donors (Lipinski definition) is 2. The first-order valence-electron chi connectivity index (χ1n) is 24.4. The molecule has 0 bridgehead atoms. The lowest BCUT2D eigenvalue weighted by Gasteiger charge is -2.20. The van der Waals surface area contributed by atoms with E-state index in [0.29, 0.717) is 13.0 Å². The molecule has 0 rings (SSSR count). The van der Waals surface area contributed by atoms with Crippen molar-refractivity contribution in [2.75, 3.05) is 33.0 Å². The molecule has 0 aliphatic rings. The topological polar surface area (TPSA) is 117 Å². The zero-order chi connectivity index (χ0) is 45.1. The van der Waals surface area contributed by atoms with E-state index in [-0.39, 0.29) is 32.3 Å². The molecule has 0 heterocycles. The lowest BCUT2D eigenvalue weighted by Crippen LogP contribution is -2.28. The van der Waals surface area contributed by atoms with E-state index in [2.05, 4.69) is 123 Å². The number of hydrogen-bond acceptors (Lipinski definition) is 7. The van der Waals surface area contributed by atoms with E-state index in [1.807, 2.05) is 0 Å². The molecule has 0 aromatic rings. The summed E-state index contributed by atoms with van der Waals surface area (Å²) < 4.78 is 33.5. The van der Waals surface area contributed by atoms with Crippen LogP contribution in [0.4, 0.5) is 0 Å². The Morgan fingerprint density at radius 1 is 0.484 bits per heavy atom. The van der Waals surface area contributed by atoms with Gasteiger partial charge in [0.15, 0.2) is 0 Å². The van der Waals surface area contributed by atoms with Crippen LogP contribution in [0, 0.1) is 0 Å². The van der Waals surface area contributed by atoms with Gasteiger partial charge in [-0.15, -0.1) is 0 Å². The summed E-state index contributed by atoms with van der Waals surface area (Å²) in [7, 11) is -4.30. The fourth-order valence-electron chi connectivity index (χ4n) is 6.19. The maximum Gasteiger partial charge on any atom is 0.472 e. The molecule has 0 amide bonds. The average Bonchev–Trinajstić information content (AvgIpc) is 3.26. The fraction of sp³-hybridized carbons (Fsp3) is 0.642. The molecule has 8 nitrogen and oxygen atoms in total. The van der Waals surface area contributed by atoms with Crippen molar-refractivity contribution in [2.45, 2.75) is 187 Å². The molecule has 0 saturated carbocycles. The number of unbranched alkanes of at least 4 members (excludes halogenated alkanes) is 14. The lowest BCUT2D eigenvalue weighted by molar-refractivity contribution is -0.154. The largest absolute Gasteiger partial charge is 0.472 e. The predicted molar refractivity (Wildman–Crippen MR) is 265 cm³/mol. The Labute approximate surface area is 380 Å². The third-order valence-electron chi connectivity index (χ3n) is 9.69. The number of rotatable bonds is 45. The van der Waals surface area contributed by atoms with Crippen LogP contribution in [0.25, 0.3) is 0 Å². The molecule has 3 N–H and O–H groups in total. The Morgan fingerprint density at radius 3 is 1.27 bits per heavy atom. The smallest absolute Gasteiger partial charge is 0.457 e. The number of phosphoric ester groups is 1. The van der Waals surface area contributed by atoms with E-state index in [1.165, 1.54) is 51.4 Å². The third-order valence-corrected chi connectivity index (χ3v) is 10.7. The van der Waals surface area contributed by atoms with E-state index >= 15 is 0 Å². The summed E-state index contributed by atoms with van der Waals surface area (Å²) in [5.41, 5.74) is 5.38. The van der Waals surface area contributed by atoms with Gasteiger partial charge >= 0.3 is 13.8 Å². The number of phosphoric acid groups is 1. The van der Waals surface area contributed by atoms with Crippen LogP contribution in [0.15, 0.2) is 109 Å². The van der Waals surface area contributed by atoms with Crippen molar-refractivity contribution in [3.05, 3.63) is 109 Å². The summed E-state index contributed by atoms with van der Waals surface area (Å²) in [4.78, 5) is 22.6. The standard InChI is InChI=1S/C53H90NO7P/c1-3-5-7-9-11-13-15-17-19-21-23-24-25-26-27-28-29-30-32-34-36-38-40-42-44-46-53(55)61-52(51-60-62(56,57)59-49-47-54)50-58-48-45-43-41-39-37-35-33-31-22-20-18-16-14-12-10-8-6-4-2/h5-8,11-14,17-20,23-24,26-27,31,33,52H,3-4,9-10,15-16,21-22,25,28-30,32,34-51,54H2,1-2H3,(H,56,57)/b7-5-,8-6-,13-11-,14-12-,19-17-,20-18-,24-23-,27-26-,33-31-. The SMILES string of the molecule is CC/C=C\C/C=C\C/C=C\C/C=C\C/C=C\CCCCCCCCCCCC(=O)OC(COCCCCCCC/C=C\C/C=C\C/C=C\C/C=C\CC)COP(=O)(O)OCCN. The fourth-order valence-corrected chi connectivity index (χ4v) is 6.96. The van der Waals surface area contributed by atoms with Crippen LogP contribution in [0.5, 0.6) is 0 Å². The summed E-state index contributed by atoms with van der Waals surface area (Å²) in [5.74, 6) is -0.349. The number of esters is 1. The van der Waals surface area contributed by atoms with Crippen molar-refractivity contribution in [3.8, 4) is 0 Å². The minimum absolute atomic E-state index is 0.0896. The number of nitrogens with two attached hydrogens (primary N) is 1. The highest BCUT2D eigenvalue weighted by Gasteiger charge is 2.25. The number of carbonyl (C=O) groups is 1. The Hall–Kier alpha value is -2.84. The summed E-state index contributed by atoms with van der Waals surface area (Å²) in [6.45, 7) is 4.62. The summed E-state index contributed by atoms with van der Waals surface area (Å²) in [6, 6.07) is 0. The molecule has 0 fully saturated rings. The van der Waals surface area contributed by atoms with Gasteiger partial charge in [0.25, 0.3) is 0 Å². The van der Waals surface area contributed by atoms with Crippen molar-refractivity contribution in [2.24, 2.45) is 5.73 Å². The molecule has 0 radical (unpaired) electrons. The van der Waals surface area contributed by atoms with Crippen molar-refractivity contribution in [1.82, 2.24) is 0 Å². The molecule has 0 saturated heterocycles. The predicted octanol–water partition coefficient (Wildman–Crippen LogP) is 15.2. The highest BCUT2D eigenvalue weighted by Crippen LogP contribution is 2.43. The molecule has 0 aromatic heterocycles. The Kier molecular flexibility index (Phi) is 46.9. The normalized spacial score (nSPS) is 14.3. The van der Waals surface area contributed by atoms with Gasteiger partial charge in [0.2, 0.25) is 0 Å². The van der Waals surface area contributed by atoms with Crippen LogP contribution in [0.3, 0.4) is 0 Å². The molecule has 354 valence electrons. The van der Waals surface area contributed by atoms with E-state index in [4.69, 9.17) is 24.3 Å². The highest BCUT2D eigenvalue weighted by molar-refractivity contribution is 7.47. The maximum absolute atomic E-state index is 12.7. The van der Waals surface area contributed by atoms with Gasteiger partial charge in [0, 0.05) is 19.6 Å². The van der Waals surface area contributed by atoms with Gasteiger partial charge in [-0.25, -0.2) is 4.57 Å². The average molecular weight is 884 g/mol. The van der Waals surface area contributed by atoms with Gasteiger partial charge in [-0.3, -0.25) is 13.8 Å². The molecular weight excluding hydrogens is 794 g/mol. The number of carbonyl (C=O) groups excluding carboxylic acids is 1. The Balaban J connectivity index is 4.04. The molecule has 0 aliphatic heterocycles. The van der Waals surface area contributed by atoms with Gasteiger partial charge < -0.3 is 20.1 Å². The second-order valence-corrected chi connectivity index (χ2v) is 17.0. The molecule has 62 heavy (non-hydrogen) atoms. The van der Waals surface area contributed by atoms with E-state index in [1.54, 1.807) is 0 Å². The van der Waals surface area contributed by atoms with Crippen LogP contribution in [-0.2, 0) is 27.9 Å². The summed E-state index contributed by atoms with van der Waals surface area (Å²) in [6.07, 6.45) is 66.8. The molecular formula is C53H90NO7P. The van der Waals surface area contributed by atoms with Gasteiger partial charge in [0.1, 0.15) is 6.10 Å². The molecule has 0 aliphatic carbocycles. The monoisotopic (exact) mass is 884 g/mol. The highest BCUT2D eigenvalue weighted by atomic mass is 31.2. The minimum Gasteiger partial charge on any atom is -0.457 e. The van der Waals surface area contributed by atoms with Crippen LogP contribution in [0.2, 0.25) is 0 Å². The van der Waals surface area contributed by atoms with Crippen molar-refractivity contribution in [3.63, 3.8) is 0 Å². The van der Waals surface area contributed by atoms with Crippen LogP contribution in [0.1, 0.15) is 181 Å². The van der Waals surface area contributed by atoms with Crippen LogP contribution >= 0.6 is 7.82 Å². The van der Waals surface area contributed by atoms with E-state index in [0.717, 1.165) is 109 Å². The molecule has 2 atom stereocenters. The Bertz CT molecular complexity index is 1310. The lowest BCUT2D eigenvalue weighted by atomic mass is 10.1. The first-order valence-corrected chi connectivity index (χ1v) is 25.9. The second kappa shape index (κ2) is 49.2. The second-order valence-electron chi connectivity index (χ2n) is 15.6. The van der Waals surface area contributed by atoms with Crippen molar-refractivity contribution < 1.29 is 32.8 Å². The molecule has 0 aromatic carbocycles. The number of ether oxygens (including phenoxy) is 2. The van der Waals surface area contributed by atoms with Crippen LogP contribution < -0.4 is 5.73 Å². The molecule has 9 heteroatoms. The van der Waals surface area contributed by atoms with E-state index in [9.17, 15) is 14.3 Å². The summed E-state index contributed by atoms with van der Waals surface area (Å²) >= 11 is 0. The minimum atomic E-state index is -4.30. The summed E-state index contributed by atoms with van der Waals surface area (Å²) in [5, 5.41) is 0. The van der Waals surface area contributed by atoms with Crippen molar-refractivity contribution in [1.29, 1.82) is 0 Å². The van der Waals surface area contributed by atoms with Gasteiger partial charge in [-0.05, 0) is 96.3 Å². The Morgan fingerprint density at radius 2 is 0.855 bits per heavy atom. The van der Waals surface area contributed by atoms with Gasteiger partial charge in [0.05, 0.1) is 19.8 Å². The zero-order valence-electron chi connectivity index (χ0n) is 39.3. The van der Waals surface area contributed by atoms with Gasteiger partial charge in [-0.1, -0.05) is 187 Å². The van der Waals surface area contributed by atoms with Gasteiger partial charge in [-0.2, -0.15) is 0 Å². The quantitative estimate of drug-likeness (QED) is 0.0269. The van der Waals surface area contributed by atoms with Crippen LogP contribution in [-0.4, -0.2) is 49.9 Å². The first-order chi connectivity index (χ1) is 30.4. The third kappa shape index (κ3) is 48.2. The first kappa shape index (κ1) is 59.2. The number of allylic oxidation sites excluding steroid dienone is 18. The van der Waals surface area contributed by atoms with Crippen molar-refractivity contribution >= 4 is 13.8 Å². The molecule has 2 unspecified atom stereocenters. The maximum atomic E-state index is 12.7. The zero-order valence-corrected chi connectivity index (χ0v) is 40.2. The van der Waals surface area contributed by atoms with E-state index < -0.39 is 13.9 Å². The molecule has 0 spiro atoms.